The van der Waals surface area contributed by atoms with Gasteiger partial charge in [0.05, 0.1) is 18.9 Å². The maximum Gasteiger partial charge on any atom is 0.364 e. The van der Waals surface area contributed by atoms with E-state index < -0.39 is 11.8 Å². The highest BCUT2D eigenvalue weighted by molar-refractivity contribution is 6.01. The third-order valence-corrected chi connectivity index (χ3v) is 5.84. The van der Waals surface area contributed by atoms with Crippen LogP contribution in [0.1, 0.15) is 25.0 Å². The lowest BCUT2D eigenvalue weighted by Crippen LogP contribution is -2.48. The molecule has 1 N–H and O–H groups in total. The zero-order valence-electron chi connectivity index (χ0n) is 19.4. The van der Waals surface area contributed by atoms with Gasteiger partial charge in [0.25, 0.3) is 5.79 Å². The second-order valence-electron chi connectivity index (χ2n) is 8.51. The summed E-state index contributed by atoms with van der Waals surface area (Å²) in [6, 6.07) is 22.2. The maximum atomic E-state index is 11.2. The molecule has 3 aromatic rings. The second-order valence-corrected chi connectivity index (χ2v) is 8.51. The second kappa shape index (κ2) is 10.7. The molecule has 178 valence electrons. The van der Waals surface area contributed by atoms with Crippen LogP contribution in [0, 0.1) is 5.92 Å². The zero-order valence-corrected chi connectivity index (χ0v) is 19.4. The average Bonchev–Trinajstić information content (AvgIpc) is 2.86. The number of hydrogen-bond donors (Lipinski definition) is 1. The molecule has 0 bridgehead atoms. The molecular formula is C27H29NO6. The Bertz CT molecular complexity index is 1150. The highest BCUT2D eigenvalue weighted by Gasteiger charge is 2.40. The standard InChI is InChI=1S/C27H29NO6/c1-19(23-10-9-22-5-3-4-6-24(22)16-23)28-34-14-13-31-25-11-7-20(8-12-25)15-21-17-32-27(2,26(29)30)33-18-21/h3-12,16,21H,13-15,17-18H2,1-2H3,(H,29,30)/b28-19+. The molecule has 1 heterocycles. The van der Waals surface area contributed by atoms with E-state index in [4.69, 9.17) is 24.2 Å². The lowest BCUT2D eigenvalue weighted by Gasteiger charge is -2.34. The van der Waals surface area contributed by atoms with E-state index >= 15 is 0 Å². The van der Waals surface area contributed by atoms with Crippen LogP contribution >= 0.6 is 0 Å². The molecule has 1 saturated heterocycles. The first kappa shape index (κ1) is 23.7. The first-order valence-corrected chi connectivity index (χ1v) is 11.3. The van der Waals surface area contributed by atoms with E-state index in [1.165, 1.54) is 17.7 Å². The summed E-state index contributed by atoms with van der Waals surface area (Å²) in [5.74, 6) is -1.80. The third-order valence-electron chi connectivity index (χ3n) is 5.84. The number of rotatable bonds is 9. The first-order chi connectivity index (χ1) is 16.4. The normalized spacial score (nSPS) is 20.8. The Balaban J connectivity index is 1.19. The van der Waals surface area contributed by atoms with Gasteiger partial charge in [-0.1, -0.05) is 53.7 Å². The lowest BCUT2D eigenvalue weighted by molar-refractivity contribution is -0.270. The van der Waals surface area contributed by atoms with Crippen LogP contribution in [0.15, 0.2) is 71.9 Å². The Morgan fingerprint density at radius 3 is 2.44 bits per heavy atom. The Morgan fingerprint density at radius 2 is 1.74 bits per heavy atom. The van der Waals surface area contributed by atoms with E-state index in [2.05, 4.69) is 29.4 Å². The van der Waals surface area contributed by atoms with Crippen LogP contribution in [0.5, 0.6) is 5.75 Å². The van der Waals surface area contributed by atoms with Crippen molar-refractivity contribution in [3.8, 4) is 5.75 Å². The van der Waals surface area contributed by atoms with Gasteiger partial charge in [-0.25, -0.2) is 4.79 Å². The predicted molar refractivity (Wildman–Crippen MR) is 129 cm³/mol. The Morgan fingerprint density at radius 1 is 1.03 bits per heavy atom. The Kier molecular flexibility index (Phi) is 7.45. The highest BCUT2D eigenvalue weighted by Crippen LogP contribution is 2.24. The number of ether oxygens (including phenoxy) is 3. The number of carbonyl (C=O) groups is 1. The molecule has 0 spiro atoms. The number of nitrogens with zero attached hydrogens (tertiary/aromatic N) is 1. The summed E-state index contributed by atoms with van der Waals surface area (Å²) < 4.78 is 16.5. The molecule has 3 aromatic carbocycles. The fourth-order valence-electron chi connectivity index (χ4n) is 3.75. The summed E-state index contributed by atoms with van der Waals surface area (Å²) in [7, 11) is 0. The van der Waals surface area contributed by atoms with Crippen molar-refractivity contribution in [2.75, 3.05) is 26.4 Å². The van der Waals surface area contributed by atoms with Crippen LogP contribution < -0.4 is 4.74 Å². The summed E-state index contributed by atoms with van der Waals surface area (Å²) >= 11 is 0. The number of carboxylic acid groups (broad SMARTS) is 1. The van der Waals surface area contributed by atoms with E-state index in [0.29, 0.717) is 26.4 Å². The third kappa shape index (κ3) is 5.92. The van der Waals surface area contributed by atoms with Crippen LogP contribution in [0.4, 0.5) is 0 Å². The van der Waals surface area contributed by atoms with Crippen molar-refractivity contribution < 1.29 is 28.9 Å². The van der Waals surface area contributed by atoms with E-state index in [1.54, 1.807) is 0 Å². The summed E-state index contributed by atoms with van der Waals surface area (Å²) in [4.78, 5) is 16.6. The minimum absolute atomic E-state index is 0.108. The summed E-state index contributed by atoms with van der Waals surface area (Å²) in [5.41, 5.74) is 2.95. The summed E-state index contributed by atoms with van der Waals surface area (Å²) in [6.45, 7) is 4.76. The first-order valence-electron chi connectivity index (χ1n) is 11.3. The van der Waals surface area contributed by atoms with Gasteiger partial charge in [-0.3, -0.25) is 0 Å². The van der Waals surface area contributed by atoms with Gasteiger partial charge in [0.1, 0.15) is 12.4 Å². The predicted octanol–water partition coefficient (Wildman–Crippen LogP) is 4.67. The number of oxime groups is 1. The lowest BCUT2D eigenvalue weighted by atomic mass is 9.99. The molecule has 0 unspecified atom stereocenters. The number of hydrogen-bond acceptors (Lipinski definition) is 6. The molecule has 7 heteroatoms. The molecule has 0 aromatic heterocycles. The van der Waals surface area contributed by atoms with Crippen LogP contribution in [0.25, 0.3) is 10.8 Å². The van der Waals surface area contributed by atoms with Gasteiger partial charge < -0.3 is 24.2 Å². The number of benzene rings is 3. The van der Waals surface area contributed by atoms with Crippen LogP contribution in [0.3, 0.4) is 0 Å². The average molecular weight is 464 g/mol. The number of fused-ring (bicyclic) bond motifs is 1. The highest BCUT2D eigenvalue weighted by atomic mass is 16.7. The fraction of sp³-hybridized carbons (Fsp3) is 0.333. The van der Waals surface area contributed by atoms with Crippen molar-refractivity contribution in [1.29, 1.82) is 0 Å². The molecule has 0 aliphatic carbocycles. The van der Waals surface area contributed by atoms with Gasteiger partial charge in [-0.05, 0) is 53.4 Å². The molecule has 0 amide bonds. The van der Waals surface area contributed by atoms with Gasteiger partial charge in [-0.2, -0.15) is 0 Å². The van der Waals surface area contributed by atoms with Gasteiger partial charge in [0.2, 0.25) is 0 Å². The van der Waals surface area contributed by atoms with E-state index in [1.807, 2.05) is 49.4 Å². The van der Waals surface area contributed by atoms with E-state index in [9.17, 15) is 4.79 Å². The van der Waals surface area contributed by atoms with Crippen molar-refractivity contribution in [2.24, 2.45) is 11.1 Å². The van der Waals surface area contributed by atoms with Gasteiger partial charge in [0.15, 0.2) is 6.61 Å². The molecule has 1 aliphatic heterocycles. The van der Waals surface area contributed by atoms with Crippen LogP contribution in [0.2, 0.25) is 0 Å². The molecule has 34 heavy (non-hydrogen) atoms. The topological polar surface area (TPSA) is 86.6 Å². The molecular weight excluding hydrogens is 434 g/mol. The molecule has 1 fully saturated rings. The fourth-order valence-corrected chi connectivity index (χ4v) is 3.75. The van der Waals surface area contributed by atoms with E-state index in [-0.39, 0.29) is 5.92 Å². The van der Waals surface area contributed by atoms with Crippen molar-refractivity contribution in [1.82, 2.24) is 0 Å². The molecule has 0 atom stereocenters. The summed E-state index contributed by atoms with van der Waals surface area (Å²) in [6.07, 6.45) is 0.738. The SMILES string of the molecule is C/C(=N\OCCOc1ccc(CC2COC(C)(C(=O)O)OC2)cc1)c1ccc2ccccc2c1. The quantitative estimate of drug-likeness (QED) is 0.282. The van der Waals surface area contributed by atoms with Gasteiger partial charge in [0, 0.05) is 12.8 Å². The van der Waals surface area contributed by atoms with Crippen molar-refractivity contribution >= 4 is 22.5 Å². The molecule has 0 saturated carbocycles. The zero-order chi connectivity index (χ0) is 24.0. The van der Waals surface area contributed by atoms with E-state index in [0.717, 1.165) is 29.0 Å². The molecule has 4 rings (SSSR count). The van der Waals surface area contributed by atoms with Crippen molar-refractivity contribution in [2.45, 2.75) is 26.1 Å². The van der Waals surface area contributed by atoms with Crippen LogP contribution in [-0.4, -0.2) is 49.0 Å². The molecule has 0 radical (unpaired) electrons. The monoisotopic (exact) mass is 463 g/mol. The smallest absolute Gasteiger partial charge is 0.364 e. The van der Waals surface area contributed by atoms with Crippen molar-refractivity contribution in [3.05, 3.63) is 77.9 Å². The molecule has 7 nitrogen and oxygen atoms in total. The van der Waals surface area contributed by atoms with Gasteiger partial charge in [-0.15, -0.1) is 0 Å². The maximum absolute atomic E-state index is 11.2. The number of carboxylic acids is 1. The number of aliphatic carboxylic acids is 1. The summed E-state index contributed by atoms with van der Waals surface area (Å²) in [5, 5.41) is 15.7. The minimum Gasteiger partial charge on any atom is -0.490 e. The van der Waals surface area contributed by atoms with Crippen molar-refractivity contribution in [3.63, 3.8) is 0 Å². The minimum atomic E-state index is -1.55. The Hall–Kier alpha value is -3.42. The Labute approximate surface area is 198 Å². The van der Waals surface area contributed by atoms with Gasteiger partial charge >= 0.3 is 5.97 Å². The molecule has 1 aliphatic rings. The van der Waals surface area contributed by atoms with Crippen LogP contribution in [-0.2, 0) is 25.5 Å². The largest absolute Gasteiger partial charge is 0.490 e.